The Hall–Kier alpha value is -3.80. The van der Waals surface area contributed by atoms with Crippen LogP contribution in [0.3, 0.4) is 0 Å². The molecule has 0 bridgehead atoms. The third-order valence-corrected chi connectivity index (χ3v) is 6.89. The highest BCUT2D eigenvalue weighted by Crippen LogP contribution is 2.48. The Kier molecular flexibility index (Phi) is 5.12. The quantitative estimate of drug-likeness (QED) is 0.415. The number of hydrogen-bond acceptors (Lipinski definition) is 4. The van der Waals surface area contributed by atoms with Gasteiger partial charge < -0.3 is 9.67 Å². The van der Waals surface area contributed by atoms with Crippen LogP contribution in [0.1, 0.15) is 56.7 Å². The number of nitrogens with one attached hydrogen (secondary N) is 1. The molecule has 0 saturated heterocycles. The van der Waals surface area contributed by atoms with Gasteiger partial charge in [-0.15, -0.1) is 0 Å². The van der Waals surface area contributed by atoms with Gasteiger partial charge in [-0.25, -0.2) is 13.8 Å². The van der Waals surface area contributed by atoms with Crippen LogP contribution in [0.4, 0.5) is 8.78 Å². The molecule has 0 spiro atoms. The number of aromatic nitrogens is 4. The fourth-order valence-corrected chi connectivity index (χ4v) is 5.29. The summed E-state index contributed by atoms with van der Waals surface area (Å²) >= 11 is 0. The van der Waals surface area contributed by atoms with Crippen molar-refractivity contribution in [2.75, 3.05) is 0 Å². The molecule has 1 aromatic carbocycles. The second-order valence-corrected chi connectivity index (χ2v) is 9.62. The predicted molar refractivity (Wildman–Crippen MR) is 122 cm³/mol. The molecule has 1 aliphatic rings. The number of carbonyl (C=O) groups is 1. The smallest absolute Gasteiger partial charge is 0.306 e. The van der Waals surface area contributed by atoms with Gasteiger partial charge in [0.25, 0.3) is 0 Å². The molecule has 9 heteroatoms. The predicted octanol–water partition coefficient (Wildman–Crippen LogP) is 5.34. The van der Waals surface area contributed by atoms with Crippen molar-refractivity contribution < 1.29 is 18.7 Å². The van der Waals surface area contributed by atoms with Gasteiger partial charge in [0, 0.05) is 40.2 Å². The van der Waals surface area contributed by atoms with Crippen molar-refractivity contribution in [3.8, 4) is 11.8 Å². The maximum atomic E-state index is 14.4. The van der Waals surface area contributed by atoms with E-state index in [0.29, 0.717) is 41.6 Å². The van der Waals surface area contributed by atoms with Crippen molar-refractivity contribution in [2.45, 2.75) is 50.9 Å². The zero-order valence-electron chi connectivity index (χ0n) is 18.8. The fourth-order valence-electron chi connectivity index (χ4n) is 5.29. The molecular formula is C25H23F2N5O2. The van der Waals surface area contributed by atoms with Crippen LogP contribution in [0.25, 0.3) is 27.8 Å². The van der Waals surface area contributed by atoms with Crippen molar-refractivity contribution in [1.82, 2.24) is 19.7 Å². The van der Waals surface area contributed by atoms with Crippen molar-refractivity contribution in [3.05, 3.63) is 53.4 Å². The highest BCUT2D eigenvalue weighted by Gasteiger charge is 2.39. The van der Waals surface area contributed by atoms with Crippen LogP contribution >= 0.6 is 0 Å². The summed E-state index contributed by atoms with van der Waals surface area (Å²) in [6.45, 7) is 3.86. The van der Waals surface area contributed by atoms with Gasteiger partial charge >= 0.3 is 5.97 Å². The lowest BCUT2D eigenvalue weighted by molar-refractivity contribution is -0.141. The summed E-state index contributed by atoms with van der Waals surface area (Å²) in [7, 11) is 0. The summed E-state index contributed by atoms with van der Waals surface area (Å²) in [6.07, 6.45) is 3.47. The highest BCUT2D eigenvalue weighted by molar-refractivity contribution is 5.94. The lowest BCUT2D eigenvalue weighted by Crippen LogP contribution is -2.23. The molecule has 0 aliphatic heterocycles. The summed E-state index contributed by atoms with van der Waals surface area (Å²) in [5, 5.41) is 26.9. The molecule has 5 rings (SSSR count). The first-order valence-corrected chi connectivity index (χ1v) is 11.2. The molecule has 34 heavy (non-hydrogen) atoms. The Balaban J connectivity index is 1.89. The molecule has 174 valence electrons. The minimum Gasteiger partial charge on any atom is -0.481 e. The lowest BCUT2D eigenvalue weighted by Gasteiger charge is -2.28. The van der Waals surface area contributed by atoms with Crippen molar-refractivity contribution in [2.24, 2.45) is 5.92 Å². The molecule has 1 aliphatic carbocycles. The van der Waals surface area contributed by atoms with E-state index in [0.717, 1.165) is 28.8 Å². The van der Waals surface area contributed by atoms with E-state index in [-0.39, 0.29) is 12.3 Å². The number of rotatable bonds is 5. The Bertz CT molecular complexity index is 1480. The monoisotopic (exact) mass is 463 g/mol. The number of carboxylic acids is 1. The number of carboxylic acid groups (broad SMARTS) is 1. The molecular weight excluding hydrogens is 440 g/mol. The van der Waals surface area contributed by atoms with Gasteiger partial charge in [0.2, 0.25) is 0 Å². The minimum atomic E-state index is -0.978. The number of halogens is 2. The van der Waals surface area contributed by atoms with E-state index in [1.807, 2.05) is 24.5 Å². The Labute approximate surface area is 194 Å². The maximum Gasteiger partial charge on any atom is 0.306 e. The van der Waals surface area contributed by atoms with Crippen LogP contribution in [0, 0.1) is 28.9 Å². The van der Waals surface area contributed by atoms with Gasteiger partial charge in [0.15, 0.2) is 17.3 Å². The van der Waals surface area contributed by atoms with Crippen LogP contribution in [0.5, 0.6) is 0 Å². The molecule has 0 amide bonds. The van der Waals surface area contributed by atoms with Crippen LogP contribution in [0.15, 0.2) is 30.5 Å². The number of nitriles is 1. The average Bonchev–Trinajstić information content (AvgIpc) is 3.50. The van der Waals surface area contributed by atoms with E-state index in [4.69, 9.17) is 4.98 Å². The first-order chi connectivity index (χ1) is 16.2. The fraction of sp³-hybridized carbons (Fsp3) is 0.360. The van der Waals surface area contributed by atoms with Crippen LogP contribution in [-0.4, -0.2) is 30.8 Å². The van der Waals surface area contributed by atoms with E-state index < -0.39 is 28.9 Å². The SMILES string of the molecule is CC(C)(CC#N)c1c([C@@H]2CC[C@@H](C(=O)O)C2)c2nc3[nH]ncc3cc2n1-c1ccc(F)c(F)c1. The van der Waals surface area contributed by atoms with Crippen molar-refractivity contribution in [3.63, 3.8) is 0 Å². The Morgan fingerprint density at radius 2 is 2.09 bits per heavy atom. The van der Waals surface area contributed by atoms with Gasteiger partial charge in [-0.05, 0) is 43.4 Å². The van der Waals surface area contributed by atoms with Gasteiger partial charge in [0.05, 0.1) is 29.2 Å². The maximum absolute atomic E-state index is 14.4. The molecule has 1 saturated carbocycles. The van der Waals surface area contributed by atoms with Crippen molar-refractivity contribution in [1.29, 1.82) is 5.26 Å². The third kappa shape index (κ3) is 3.41. The van der Waals surface area contributed by atoms with Crippen LogP contribution in [0.2, 0.25) is 0 Å². The van der Waals surface area contributed by atoms with Crippen LogP contribution < -0.4 is 0 Å². The second-order valence-electron chi connectivity index (χ2n) is 9.62. The second kappa shape index (κ2) is 7.90. The number of nitrogens with zero attached hydrogens (tertiary/aromatic N) is 4. The number of benzene rings is 1. The summed E-state index contributed by atoms with van der Waals surface area (Å²) in [5.74, 6) is -3.32. The summed E-state index contributed by atoms with van der Waals surface area (Å²) in [4.78, 5) is 16.5. The molecule has 0 unspecified atom stereocenters. The van der Waals surface area contributed by atoms with E-state index in [1.165, 1.54) is 6.07 Å². The zero-order chi connectivity index (χ0) is 24.2. The number of aliphatic carboxylic acids is 1. The molecule has 3 heterocycles. The topological polar surface area (TPSA) is 108 Å². The molecule has 1 fully saturated rings. The van der Waals surface area contributed by atoms with Gasteiger partial charge in [-0.2, -0.15) is 10.4 Å². The van der Waals surface area contributed by atoms with Gasteiger partial charge in [0.1, 0.15) is 0 Å². The molecule has 2 N–H and O–H groups in total. The van der Waals surface area contributed by atoms with Gasteiger partial charge in [-0.1, -0.05) is 13.8 Å². The molecule has 7 nitrogen and oxygen atoms in total. The molecule has 4 aromatic rings. The standard InChI is InChI=1S/C25H23F2N5O2/c1-25(2,7-8-28)22-20(13-3-4-14(9-13)24(33)34)21-19(10-15-12-29-31-23(15)30-21)32(22)16-5-6-17(26)18(27)11-16/h5-6,10-14H,3-4,7,9H2,1-2H3,(H,33,34)(H,29,30,31)/t13-,14-/m1/s1. The van der Waals surface area contributed by atoms with E-state index in [2.05, 4.69) is 16.3 Å². The number of pyridine rings is 1. The van der Waals surface area contributed by atoms with E-state index in [9.17, 15) is 23.9 Å². The highest BCUT2D eigenvalue weighted by atomic mass is 19.2. The van der Waals surface area contributed by atoms with Crippen LogP contribution in [-0.2, 0) is 10.2 Å². The minimum absolute atomic E-state index is 0.101. The summed E-state index contributed by atoms with van der Waals surface area (Å²) in [6, 6.07) is 7.85. The largest absolute Gasteiger partial charge is 0.481 e. The normalized spacial score (nSPS) is 18.6. The first-order valence-electron chi connectivity index (χ1n) is 11.2. The number of fused-ring (bicyclic) bond motifs is 2. The number of H-pyrrole nitrogens is 1. The molecule has 3 aromatic heterocycles. The number of aromatic amines is 1. The molecule has 2 atom stereocenters. The Morgan fingerprint density at radius 3 is 2.76 bits per heavy atom. The summed E-state index contributed by atoms with van der Waals surface area (Å²) in [5.41, 5.74) is 3.26. The average molecular weight is 463 g/mol. The van der Waals surface area contributed by atoms with E-state index >= 15 is 0 Å². The zero-order valence-corrected chi connectivity index (χ0v) is 18.8. The number of hydrogen-bond donors (Lipinski definition) is 2. The molecule has 0 radical (unpaired) electrons. The van der Waals surface area contributed by atoms with Crippen molar-refractivity contribution >= 4 is 28.0 Å². The van der Waals surface area contributed by atoms with E-state index in [1.54, 1.807) is 6.20 Å². The lowest BCUT2D eigenvalue weighted by atomic mass is 9.80. The van der Waals surface area contributed by atoms with Gasteiger partial charge in [-0.3, -0.25) is 9.89 Å². The Morgan fingerprint density at radius 1 is 1.29 bits per heavy atom. The first kappa shape index (κ1) is 22.0. The third-order valence-electron chi connectivity index (χ3n) is 6.89. The summed E-state index contributed by atoms with van der Waals surface area (Å²) < 4.78 is 30.0.